The molecule has 0 bridgehead atoms. The maximum absolute atomic E-state index is 13.7. The minimum atomic E-state index is -2.74. The summed E-state index contributed by atoms with van der Waals surface area (Å²) in [6.45, 7) is 14.6. The van der Waals surface area contributed by atoms with Crippen LogP contribution < -0.4 is 47.3 Å². The molecule has 3 aromatic heterocycles. The molecular weight excluding hydrogens is 935 g/mol. The largest absolute Gasteiger partial charge is 0.492 e. The third-order valence-corrected chi connectivity index (χ3v) is 14.7. The minimum Gasteiger partial charge on any atom is -0.492 e. The van der Waals surface area contributed by atoms with Crippen molar-refractivity contribution in [2.45, 2.75) is 84.2 Å². The molecule has 1 atom stereocenters. The number of oxazole rings is 1. The summed E-state index contributed by atoms with van der Waals surface area (Å²) in [6.07, 6.45) is 7.41. The van der Waals surface area contributed by atoms with Crippen molar-refractivity contribution in [1.82, 2.24) is 35.5 Å². The molecule has 18 heteroatoms. The Hall–Kier alpha value is -5.61. The molecule has 8 rings (SSSR count). The molecule has 2 amide bonds. The number of para-hydroxylation sites is 1. The average Bonchev–Trinajstić information content (AvgIpc) is 3.65. The highest BCUT2D eigenvalue weighted by Crippen LogP contribution is 2.42. The van der Waals surface area contributed by atoms with Gasteiger partial charge < -0.3 is 39.9 Å². The molecule has 3 aromatic carbocycles. The number of nitrogens with zero attached hydrogens (tertiary/aromatic N) is 5. The van der Waals surface area contributed by atoms with E-state index in [1.807, 2.05) is 43.3 Å². The summed E-state index contributed by atoms with van der Waals surface area (Å²) < 4.78 is 27.6. The summed E-state index contributed by atoms with van der Waals surface area (Å²) in [5, 5.41) is 18.1. The number of nitrogens with one attached hydrogen (secondary N) is 5. The lowest BCUT2D eigenvalue weighted by atomic mass is 10.0. The number of fused-ring (bicyclic) bond motifs is 2. The van der Waals surface area contributed by atoms with E-state index < -0.39 is 24.8 Å². The number of hydrogen-bond acceptors (Lipinski definition) is 14. The van der Waals surface area contributed by atoms with E-state index in [0.717, 1.165) is 104 Å². The highest BCUT2D eigenvalue weighted by molar-refractivity contribution is 9.10. The number of aryl methyl sites for hydroxylation is 3. The molecule has 5 heterocycles. The molecule has 67 heavy (non-hydrogen) atoms. The van der Waals surface area contributed by atoms with Crippen LogP contribution in [-0.4, -0.2) is 90.0 Å². The Kier molecular flexibility index (Phi) is 15.1. The molecule has 2 fully saturated rings. The predicted molar refractivity (Wildman–Crippen MR) is 270 cm³/mol. The zero-order chi connectivity index (χ0) is 47.2. The Balaban J connectivity index is 0.844. The van der Waals surface area contributed by atoms with Gasteiger partial charge in [-0.2, -0.15) is 4.98 Å². The smallest absolute Gasteiger partial charge is 0.420 e. The van der Waals surface area contributed by atoms with Gasteiger partial charge in [-0.3, -0.25) is 24.5 Å². The number of carbonyl (C=O) groups excluding carboxylic acids is 2. The molecule has 354 valence electrons. The second-order valence-electron chi connectivity index (χ2n) is 17.5. The summed E-state index contributed by atoms with van der Waals surface area (Å²) in [6, 6.07) is 17.5. The zero-order valence-electron chi connectivity index (χ0n) is 38.8. The minimum absolute atomic E-state index is 0.185. The molecule has 5 N–H and O–H groups in total. The van der Waals surface area contributed by atoms with Crippen LogP contribution in [0.1, 0.15) is 75.7 Å². The number of pyridine rings is 1. The van der Waals surface area contributed by atoms with Crippen LogP contribution >= 0.6 is 23.1 Å². The molecule has 2 saturated heterocycles. The number of ether oxygens (including phenoxy) is 1. The first kappa shape index (κ1) is 47.9. The first-order chi connectivity index (χ1) is 32.3. The fraction of sp³-hybridized carbons (Fsp3) is 0.429. The zero-order valence-corrected chi connectivity index (χ0v) is 41.3. The lowest BCUT2D eigenvalue weighted by molar-refractivity contribution is -0.135. The van der Waals surface area contributed by atoms with E-state index >= 15 is 0 Å². The van der Waals surface area contributed by atoms with Gasteiger partial charge in [-0.25, -0.2) is 9.78 Å². The van der Waals surface area contributed by atoms with Crippen molar-refractivity contribution in [3.63, 3.8) is 0 Å². The van der Waals surface area contributed by atoms with Gasteiger partial charge in [0.15, 0.2) is 5.58 Å². The van der Waals surface area contributed by atoms with Crippen molar-refractivity contribution in [3.8, 4) is 5.75 Å². The quantitative estimate of drug-likeness (QED) is 0.0301. The van der Waals surface area contributed by atoms with Gasteiger partial charge in [-0.15, -0.1) is 0 Å². The Morgan fingerprint density at radius 1 is 0.910 bits per heavy atom. The number of hydrogen-bond donors (Lipinski definition) is 5. The van der Waals surface area contributed by atoms with Crippen molar-refractivity contribution in [3.05, 3.63) is 92.6 Å². The monoisotopic (exact) mass is 994 g/mol. The number of benzene rings is 3. The molecule has 1 unspecified atom stereocenters. The Labute approximate surface area is 398 Å². The van der Waals surface area contributed by atoms with Crippen LogP contribution in [0.3, 0.4) is 0 Å². The summed E-state index contributed by atoms with van der Waals surface area (Å²) in [5.74, 6) is 0.268. The lowest BCUT2D eigenvalue weighted by Gasteiger charge is -2.35. The normalized spacial score (nSPS) is 15.9. The summed E-state index contributed by atoms with van der Waals surface area (Å²) in [4.78, 5) is 53.7. The Morgan fingerprint density at radius 2 is 1.73 bits per heavy atom. The Morgan fingerprint density at radius 3 is 2.48 bits per heavy atom. The number of rotatable bonds is 19. The van der Waals surface area contributed by atoms with Crippen LogP contribution in [0.5, 0.6) is 5.75 Å². The number of anilines is 5. The highest BCUT2D eigenvalue weighted by Gasteiger charge is 2.32. The molecule has 0 saturated carbocycles. The first-order valence-electron chi connectivity index (χ1n) is 23.3. The highest BCUT2D eigenvalue weighted by atomic mass is 79.9. The number of aromatic nitrogens is 4. The van der Waals surface area contributed by atoms with Crippen LogP contribution in [0.4, 0.5) is 28.8 Å². The molecule has 0 spiro atoms. The molecule has 2 aliphatic heterocycles. The standard InChI is InChI=1S/C49H60BrN10O6P/c1-6-30-27-38(56-48-53-29-35(50)46(58-48)55-37-17-16-36-34(45(37)67(4,5)64)15-14-32(7-2)54-36)42(65-8-3)28-41(30)59-25-20-33(21-26-59)52-24-23-51-22-10-12-31-11-9-13-39-44(31)66-49(63)60(39)40-18-19-43(61)57-47(40)62/h9,11,13-17,27-29,33,40,51-52H,6-8,10,12,18-26H2,1-5H3,(H,57,61,62)(H2,53,55,56,58). The predicted octanol–water partition coefficient (Wildman–Crippen LogP) is 7.71. The van der Waals surface area contributed by atoms with E-state index in [4.69, 9.17) is 19.1 Å². The second kappa shape index (κ2) is 21.1. The maximum Gasteiger partial charge on any atom is 0.420 e. The molecule has 0 radical (unpaired) electrons. The van der Waals surface area contributed by atoms with E-state index in [1.165, 1.54) is 15.8 Å². The molecule has 2 aliphatic rings. The van der Waals surface area contributed by atoms with E-state index in [-0.39, 0.29) is 18.7 Å². The fourth-order valence-corrected chi connectivity index (χ4v) is 11.0. The lowest BCUT2D eigenvalue weighted by Crippen LogP contribution is -2.44. The number of carbonyl (C=O) groups is 2. The van der Waals surface area contributed by atoms with E-state index in [9.17, 15) is 18.9 Å². The van der Waals surface area contributed by atoms with Crippen LogP contribution in [0.2, 0.25) is 0 Å². The van der Waals surface area contributed by atoms with E-state index in [0.29, 0.717) is 52.1 Å². The molecule has 0 aliphatic carbocycles. The second-order valence-corrected chi connectivity index (χ2v) is 21.5. The Bertz CT molecular complexity index is 2890. The van der Waals surface area contributed by atoms with Gasteiger partial charge in [0.1, 0.15) is 24.8 Å². The van der Waals surface area contributed by atoms with Crippen LogP contribution in [0.25, 0.3) is 22.0 Å². The topological polar surface area (TPSA) is 198 Å². The third-order valence-electron chi connectivity index (χ3n) is 12.5. The maximum atomic E-state index is 13.7. The van der Waals surface area contributed by atoms with E-state index in [2.05, 4.69) is 78.4 Å². The number of piperidine rings is 2. The first-order valence-corrected chi connectivity index (χ1v) is 26.7. The third kappa shape index (κ3) is 10.9. The van der Waals surface area contributed by atoms with Crippen molar-refractivity contribution < 1.29 is 23.3 Å². The van der Waals surface area contributed by atoms with Crippen molar-refractivity contribution in [2.75, 3.05) is 68.2 Å². The van der Waals surface area contributed by atoms with Gasteiger partial charge >= 0.3 is 5.76 Å². The number of amides is 2. The van der Waals surface area contributed by atoms with Gasteiger partial charge in [-0.1, -0.05) is 32.0 Å². The number of halogens is 1. The van der Waals surface area contributed by atoms with Crippen molar-refractivity contribution >= 4 is 91.0 Å². The summed E-state index contributed by atoms with van der Waals surface area (Å²) in [7, 11) is -2.74. The average molecular weight is 996 g/mol. The summed E-state index contributed by atoms with van der Waals surface area (Å²) in [5.41, 5.74) is 7.66. The van der Waals surface area contributed by atoms with Gasteiger partial charge in [-0.05, 0) is 129 Å². The molecule has 6 aromatic rings. The van der Waals surface area contributed by atoms with Crippen LogP contribution in [0, 0.1) is 0 Å². The molecule has 16 nitrogen and oxygen atoms in total. The fourth-order valence-electron chi connectivity index (χ4n) is 9.19. The van der Waals surface area contributed by atoms with Gasteiger partial charge in [0.2, 0.25) is 17.8 Å². The van der Waals surface area contributed by atoms with Gasteiger partial charge in [0, 0.05) is 73.0 Å². The van der Waals surface area contributed by atoms with Gasteiger partial charge in [0.05, 0.1) is 33.5 Å². The van der Waals surface area contributed by atoms with Crippen molar-refractivity contribution in [2.24, 2.45) is 0 Å². The van der Waals surface area contributed by atoms with Gasteiger partial charge in [0.25, 0.3) is 0 Å². The number of imide groups is 1. The van der Waals surface area contributed by atoms with E-state index in [1.54, 1.807) is 25.6 Å². The van der Waals surface area contributed by atoms with Crippen LogP contribution in [-0.2, 0) is 33.4 Å². The van der Waals surface area contributed by atoms with Crippen molar-refractivity contribution in [1.29, 1.82) is 0 Å². The SMILES string of the molecule is CCOc1cc(N2CCC(NCCNCCCc3cccc4c3oc(=O)n4C3CCC(=O)NC3=O)CC2)c(CC)cc1Nc1ncc(Br)c(Nc2ccc3nc(CC)ccc3c2P(C)(C)=O)n1. The molecular formula is C49H60BrN10O6P. The summed E-state index contributed by atoms with van der Waals surface area (Å²) >= 11 is 3.63. The van der Waals surface area contributed by atoms with Crippen LogP contribution in [0.15, 0.2) is 74.5 Å².